The zero-order chi connectivity index (χ0) is 20.3. The Morgan fingerprint density at radius 1 is 1.21 bits per heavy atom. The molecule has 1 amide bonds. The van der Waals surface area contributed by atoms with Crippen molar-refractivity contribution in [1.29, 1.82) is 0 Å². The van der Waals surface area contributed by atoms with Gasteiger partial charge in [-0.05, 0) is 55.8 Å². The lowest BCUT2D eigenvalue weighted by Crippen LogP contribution is -2.12. The summed E-state index contributed by atoms with van der Waals surface area (Å²) in [5, 5.41) is 16.7. The summed E-state index contributed by atoms with van der Waals surface area (Å²) in [6.45, 7) is 3.84. The summed E-state index contributed by atoms with van der Waals surface area (Å²) in [6.07, 6.45) is 0.0294. The Morgan fingerprint density at radius 3 is 2.54 bits per heavy atom. The van der Waals surface area contributed by atoms with E-state index in [-0.39, 0.29) is 18.6 Å². The van der Waals surface area contributed by atoms with Crippen LogP contribution < -0.4 is 10.1 Å². The van der Waals surface area contributed by atoms with Crippen LogP contribution in [0.5, 0.6) is 5.75 Å². The Kier molecular flexibility index (Phi) is 6.02. The molecule has 0 bridgehead atoms. The number of rotatable bonds is 6. The van der Waals surface area contributed by atoms with Crippen LogP contribution in [0.1, 0.15) is 29.9 Å². The highest BCUT2D eigenvalue weighted by atomic mass is 35.5. The molecule has 0 spiro atoms. The molecule has 0 radical (unpaired) electrons. The van der Waals surface area contributed by atoms with E-state index in [0.29, 0.717) is 22.2 Å². The van der Waals surface area contributed by atoms with Gasteiger partial charge < -0.3 is 15.2 Å². The highest BCUT2D eigenvalue weighted by Crippen LogP contribution is 2.31. The van der Waals surface area contributed by atoms with E-state index in [1.807, 2.05) is 26.0 Å². The quantitative estimate of drug-likeness (QED) is 0.648. The molecule has 0 aliphatic rings. The Balaban J connectivity index is 1.80. The first-order valence-electron chi connectivity index (χ1n) is 8.89. The van der Waals surface area contributed by atoms with Gasteiger partial charge in [0, 0.05) is 18.3 Å². The molecule has 0 fully saturated rings. The van der Waals surface area contributed by atoms with Crippen molar-refractivity contribution in [2.75, 3.05) is 5.32 Å². The van der Waals surface area contributed by atoms with Crippen LogP contribution in [0.25, 0.3) is 11.3 Å². The highest BCUT2D eigenvalue weighted by molar-refractivity contribution is 6.32. The zero-order valence-electron chi connectivity index (χ0n) is 15.9. The number of hydrogen-bond acceptors (Lipinski definition) is 4. The number of halogens is 1. The van der Waals surface area contributed by atoms with Crippen LogP contribution in [-0.2, 0) is 13.7 Å². The summed E-state index contributed by atoms with van der Waals surface area (Å²) < 4.78 is 7.30. The van der Waals surface area contributed by atoms with E-state index in [1.165, 1.54) is 0 Å². The molecule has 6 nitrogen and oxygen atoms in total. The zero-order valence-corrected chi connectivity index (χ0v) is 16.7. The van der Waals surface area contributed by atoms with Gasteiger partial charge in [0.05, 0.1) is 23.4 Å². The van der Waals surface area contributed by atoms with Gasteiger partial charge >= 0.3 is 0 Å². The van der Waals surface area contributed by atoms with Crippen molar-refractivity contribution in [3.8, 4) is 17.0 Å². The Morgan fingerprint density at radius 2 is 1.93 bits per heavy atom. The summed E-state index contributed by atoms with van der Waals surface area (Å²) in [5.74, 6) is 0.302. The number of aromatic nitrogens is 2. The van der Waals surface area contributed by atoms with Crippen LogP contribution in [-0.4, -0.2) is 26.9 Å². The summed E-state index contributed by atoms with van der Waals surface area (Å²) in [6, 6.07) is 14.2. The highest BCUT2D eigenvalue weighted by Gasteiger charge is 2.15. The Hall–Kier alpha value is -2.83. The maximum atomic E-state index is 12.5. The molecule has 7 heteroatoms. The number of aliphatic hydroxyl groups excluding tert-OH is 1. The third-order valence-corrected chi connectivity index (χ3v) is 4.39. The number of nitrogens with one attached hydrogen (secondary N) is 1. The molecule has 0 aliphatic heterocycles. The fourth-order valence-corrected chi connectivity index (χ4v) is 2.97. The van der Waals surface area contributed by atoms with Crippen molar-refractivity contribution in [2.24, 2.45) is 7.05 Å². The fourth-order valence-electron chi connectivity index (χ4n) is 2.75. The lowest BCUT2D eigenvalue weighted by molar-refractivity contribution is 0.102. The summed E-state index contributed by atoms with van der Waals surface area (Å²) in [4.78, 5) is 12.5. The van der Waals surface area contributed by atoms with Crippen molar-refractivity contribution in [3.05, 3.63) is 64.8 Å². The van der Waals surface area contributed by atoms with Crippen LogP contribution in [0.4, 0.5) is 5.69 Å². The van der Waals surface area contributed by atoms with Gasteiger partial charge in [0.1, 0.15) is 5.75 Å². The van der Waals surface area contributed by atoms with Crippen molar-refractivity contribution >= 4 is 23.2 Å². The average Bonchev–Trinajstić information content (AvgIpc) is 3.05. The van der Waals surface area contributed by atoms with Gasteiger partial charge in [-0.1, -0.05) is 23.7 Å². The van der Waals surface area contributed by atoms with Gasteiger partial charge in [-0.2, -0.15) is 5.10 Å². The van der Waals surface area contributed by atoms with Gasteiger partial charge in [0.2, 0.25) is 0 Å². The molecule has 1 heterocycles. The number of amides is 1. The molecule has 0 atom stereocenters. The molecule has 2 aromatic carbocycles. The minimum atomic E-state index is -0.315. The first-order valence-corrected chi connectivity index (χ1v) is 9.27. The minimum absolute atomic E-state index is 0.0294. The summed E-state index contributed by atoms with van der Waals surface area (Å²) >= 11 is 6.33. The van der Waals surface area contributed by atoms with Crippen molar-refractivity contribution in [1.82, 2.24) is 9.78 Å². The second kappa shape index (κ2) is 8.46. The molecule has 3 rings (SSSR count). The lowest BCUT2D eigenvalue weighted by atomic mass is 10.1. The third kappa shape index (κ3) is 4.52. The molecule has 1 aromatic heterocycles. The molecule has 0 unspecified atom stereocenters. The van der Waals surface area contributed by atoms with E-state index >= 15 is 0 Å². The number of carbonyl (C=O) groups is 1. The standard InChI is InChI=1S/C21H22ClN3O3/c1-13(2)28-20-9-6-15(10-17(20)22)19-11-18(24-25(19)3)21(27)23-16-7-4-14(12-26)5-8-16/h4-11,13,26H,12H2,1-3H3,(H,23,27). The number of nitrogens with zero attached hydrogens (tertiary/aromatic N) is 2. The van der Waals surface area contributed by atoms with Gasteiger partial charge in [0.25, 0.3) is 5.91 Å². The maximum Gasteiger partial charge on any atom is 0.276 e. The van der Waals surface area contributed by atoms with Gasteiger partial charge in [-0.15, -0.1) is 0 Å². The predicted octanol–water partition coefficient (Wildman–Crippen LogP) is 4.27. The fraction of sp³-hybridized carbons (Fsp3) is 0.238. The van der Waals surface area contributed by atoms with E-state index < -0.39 is 0 Å². The molecule has 146 valence electrons. The SMILES string of the molecule is CC(C)Oc1ccc(-c2cc(C(=O)Nc3ccc(CO)cc3)nn2C)cc1Cl. The van der Waals surface area contributed by atoms with Crippen LogP contribution in [0, 0.1) is 0 Å². The van der Waals surface area contributed by atoms with Crippen LogP contribution in [0.3, 0.4) is 0 Å². The molecule has 0 aliphatic carbocycles. The number of ether oxygens (including phenoxy) is 1. The predicted molar refractivity (Wildman–Crippen MR) is 110 cm³/mol. The number of hydrogen-bond donors (Lipinski definition) is 2. The molecule has 0 saturated carbocycles. The molecule has 2 N–H and O–H groups in total. The second-order valence-electron chi connectivity index (χ2n) is 6.66. The third-order valence-electron chi connectivity index (χ3n) is 4.10. The number of benzene rings is 2. The lowest BCUT2D eigenvalue weighted by Gasteiger charge is -2.12. The van der Waals surface area contributed by atoms with E-state index in [2.05, 4.69) is 10.4 Å². The second-order valence-corrected chi connectivity index (χ2v) is 7.07. The van der Waals surface area contributed by atoms with Crippen LogP contribution in [0.15, 0.2) is 48.5 Å². The number of carbonyl (C=O) groups excluding carboxylic acids is 1. The largest absolute Gasteiger partial charge is 0.489 e. The van der Waals surface area contributed by atoms with Crippen LogP contribution >= 0.6 is 11.6 Å². The molecule has 0 saturated heterocycles. The minimum Gasteiger partial charge on any atom is -0.489 e. The first-order chi connectivity index (χ1) is 13.4. The summed E-state index contributed by atoms with van der Waals surface area (Å²) in [5.41, 5.74) is 3.30. The topological polar surface area (TPSA) is 76.4 Å². The van der Waals surface area contributed by atoms with Crippen molar-refractivity contribution in [3.63, 3.8) is 0 Å². The van der Waals surface area contributed by atoms with Gasteiger partial charge in [-0.25, -0.2) is 0 Å². The van der Waals surface area contributed by atoms with Crippen molar-refractivity contribution in [2.45, 2.75) is 26.6 Å². The maximum absolute atomic E-state index is 12.5. The summed E-state index contributed by atoms with van der Waals surface area (Å²) in [7, 11) is 1.77. The molecule has 28 heavy (non-hydrogen) atoms. The molecular formula is C21H22ClN3O3. The van der Waals surface area contributed by atoms with E-state index in [1.54, 1.807) is 48.1 Å². The van der Waals surface area contributed by atoms with Crippen LogP contribution in [0.2, 0.25) is 5.02 Å². The number of anilines is 1. The normalized spacial score (nSPS) is 10.9. The van der Waals surface area contributed by atoms with E-state index in [4.69, 9.17) is 21.4 Å². The van der Waals surface area contributed by atoms with E-state index in [0.717, 1.165) is 16.8 Å². The Labute approximate surface area is 168 Å². The number of aliphatic hydroxyl groups is 1. The smallest absolute Gasteiger partial charge is 0.276 e. The molecule has 3 aromatic rings. The number of aryl methyl sites for hydroxylation is 1. The van der Waals surface area contributed by atoms with Gasteiger partial charge in [0.15, 0.2) is 5.69 Å². The van der Waals surface area contributed by atoms with Gasteiger partial charge in [-0.3, -0.25) is 9.48 Å². The monoisotopic (exact) mass is 399 g/mol. The Bertz CT molecular complexity index is 981. The van der Waals surface area contributed by atoms with Crippen molar-refractivity contribution < 1.29 is 14.6 Å². The molecular weight excluding hydrogens is 378 g/mol. The average molecular weight is 400 g/mol. The van der Waals surface area contributed by atoms with E-state index in [9.17, 15) is 4.79 Å². The first kappa shape index (κ1) is 19.9.